The van der Waals surface area contributed by atoms with Crippen molar-refractivity contribution in [2.45, 2.75) is 6.54 Å². The summed E-state index contributed by atoms with van der Waals surface area (Å²) in [5, 5.41) is 2.69. The first-order valence-corrected chi connectivity index (χ1v) is 8.39. The van der Waals surface area contributed by atoms with Gasteiger partial charge in [-0.05, 0) is 36.4 Å². The maximum Gasteiger partial charge on any atom is 0.254 e. The summed E-state index contributed by atoms with van der Waals surface area (Å²) < 4.78 is 19.7. The minimum absolute atomic E-state index is 0.138. The highest BCUT2D eigenvalue weighted by atomic mass is 19.1. The highest BCUT2D eigenvalue weighted by Gasteiger charge is 2.07. The van der Waals surface area contributed by atoms with E-state index in [1.165, 1.54) is 29.1 Å². The monoisotopic (exact) mass is 367 g/mol. The number of amides is 1. The molecule has 0 atom stereocenters. The zero-order chi connectivity index (χ0) is 19.1. The van der Waals surface area contributed by atoms with E-state index in [1.54, 1.807) is 12.1 Å². The molecule has 3 rings (SSSR count). The molecule has 0 saturated heterocycles. The molecule has 0 saturated carbocycles. The van der Waals surface area contributed by atoms with E-state index >= 15 is 0 Å². The van der Waals surface area contributed by atoms with E-state index in [4.69, 9.17) is 4.74 Å². The van der Waals surface area contributed by atoms with Gasteiger partial charge in [-0.2, -0.15) is 0 Å². The van der Waals surface area contributed by atoms with Crippen molar-refractivity contribution in [3.05, 3.63) is 83.2 Å². The number of ether oxygens (including phenoxy) is 1. The summed E-state index contributed by atoms with van der Waals surface area (Å²) in [5.41, 5.74) is 0.691. The van der Waals surface area contributed by atoms with E-state index in [0.717, 1.165) is 5.75 Å². The Labute approximate surface area is 155 Å². The Hall–Kier alpha value is -3.48. The Balaban J connectivity index is 1.52. The Bertz CT molecular complexity index is 956. The number of carbonyl (C=O) groups is 1. The number of nitrogens with zero attached hydrogens (tertiary/aromatic N) is 2. The van der Waals surface area contributed by atoms with Gasteiger partial charge in [0.15, 0.2) is 0 Å². The van der Waals surface area contributed by atoms with Gasteiger partial charge in [-0.3, -0.25) is 14.2 Å². The van der Waals surface area contributed by atoms with Crippen LogP contribution in [0.25, 0.3) is 11.3 Å². The molecule has 0 radical (unpaired) electrons. The molecular formula is C20H18FN3O3. The number of carbonyl (C=O) groups excluding carboxylic acids is 1. The van der Waals surface area contributed by atoms with Crippen molar-refractivity contribution < 1.29 is 13.9 Å². The van der Waals surface area contributed by atoms with Crippen LogP contribution >= 0.6 is 0 Å². The third kappa shape index (κ3) is 5.24. The molecule has 27 heavy (non-hydrogen) atoms. The SMILES string of the molecule is O=C(Cn1cnc(-c2ccc(F)cc2)cc1=O)NCCOc1ccccc1. The minimum atomic E-state index is -0.361. The van der Waals surface area contributed by atoms with Crippen LogP contribution in [-0.2, 0) is 11.3 Å². The van der Waals surface area contributed by atoms with Crippen molar-refractivity contribution in [1.29, 1.82) is 0 Å². The molecule has 3 aromatic rings. The molecule has 138 valence electrons. The van der Waals surface area contributed by atoms with Crippen molar-refractivity contribution in [2.24, 2.45) is 0 Å². The van der Waals surface area contributed by atoms with Gasteiger partial charge in [0.25, 0.3) is 5.56 Å². The van der Waals surface area contributed by atoms with Crippen LogP contribution in [0.15, 0.2) is 71.8 Å². The van der Waals surface area contributed by atoms with Gasteiger partial charge in [0, 0.05) is 11.6 Å². The van der Waals surface area contributed by atoms with Crippen LogP contribution in [-0.4, -0.2) is 28.6 Å². The van der Waals surface area contributed by atoms with Crippen molar-refractivity contribution in [2.75, 3.05) is 13.2 Å². The average molecular weight is 367 g/mol. The van der Waals surface area contributed by atoms with Gasteiger partial charge >= 0.3 is 0 Å². The van der Waals surface area contributed by atoms with Crippen LogP contribution in [0.4, 0.5) is 4.39 Å². The Kier molecular flexibility index (Phi) is 5.94. The Morgan fingerprint density at radius 1 is 1.11 bits per heavy atom. The maximum atomic E-state index is 13.0. The first kappa shape index (κ1) is 18.3. The van der Waals surface area contributed by atoms with Gasteiger partial charge < -0.3 is 10.1 Å². The van der Waals surface area contributed by atoms with E-state index in [1.807, 2.05) is 30.3 Å². The fourth-order valence-corrected chi connectivity index (χ4v) is 2.41. The van der Waals surface area contributed by atoms with Crippen LogP contribution in [0, 0.1) is 5.82 Å². The molecule has 1 N–H and O–H groups in total. The van der Waals surface area contributed by atoms with E-state index in [9.17, 15) is 14.0 Å². The summed E-state index contributed by atoms with van der Waals surface area (Å²) in [7, 11) is 0. The van der Waals surface area contributed by atoms with Crippen LogP contribution < -0.4 is 15.6 Å². The van der Waals surface area contributed by atoms with Gasteiger partial charge in [0.05, 0.1) is 18.6 Å². The highest BCUT2D eigenvalue weighted by Crippen LogP contribution is 2.15. The number of benzene rings is 2. The van der Waals surface area contributed by atoms with Crippen molar-refractivity contribution >= 4 is 5.91 Å². The summed E-state index contributed by atoms with van der Waals surface area (Å²) in [4.78, 5) is 28.3. The molecule has 1 aromatic heterocycles. The molecule has 0 aliphatic heterocycles. The van der Waals surface area contributed by atoms with Crippen LogP contribution in [0.5, 0.6) is 5.75 Å². The molecular weight excluding hydrogens is 349 g/mol. The average Bonchev–Trinajstić information content (AvgIpc) is 2.68. The van der Waals surface area contributed by atoms with Crippen molar-refractivity contribution in [3.8, 4) is 17.0 Å². The molecule has 0 bridgehead atoms. The van der Waals surface area contributed by atoms with Gasteiger partial charge in [-0.1, -0.05) is 18.2 Å². The van der Waals surface area contributed by atoms with Gasteiger partial charge in [-0.15, -0.1) is 0 Å². The topological polar surface area (TPSA) is 73.2 Å². The molecule has 0 spiro atoms. The number of rotatable bonds is 7. The van der Waals surface area contributed by atoms with Crippen molar-refractivity contribution in [1.82, 2.24) is 14.9 Å². The van der Waals surface area contributed by atoms with Gasteiger partial charge in [0.1, 0.15) is 24.7 Å². The smallest absolute Gasteiger partial charge is 0.254 e. The summed E-state index contributed by atoms with van der Waals surface area (Å²) in [5.74, 6) is 0.0497. The summed E-state index contributed by atoms with van der Waals surface area (Å²) in [6, 6.07) is 16.3. The minimum Gasteiger partial charge on any atom is -0.492 e. The van der Waals surface area contributed by atoms with E-state index in [-0.39, 0.29) is 23.8 Å². The number of hydrogen-bond donors (Lipinski definition) is 1. The van der Waals surface area contributed by atoms with Crippen LogP contribution in [0.2, 0.25) is 0 Å². The molecule has 0 aliphatic rings. The number of hydrogen-bond acceptors (Lipinski definition) is 4. The van der Waals surface area contributed by atoms with Gasteiger partial charge in [0.2, 0.25) is 5.91 Å². The summed E-state index contributed by atoms with van der Waals surface area (Å²) in [6.07, 6.45) is 1.31. The summed E-state index contributed by atoms with van der Waals surface area (Å²) >= 11 is 0. The third-order valence-electron chi connectivity index (χ3n) is 3.77. The highest BCUT2D eigenvalue weighted by molar-refractivity contribution is 5.75. The standard InChI is InChI=1S/C20H18FN3O3/c21-16-8-6-15(7-9-16)18-12-20(26)24(14-23-18)13-19(25)22-10-11-27-17-4-2-1-3-5-17/h1-9,12,14H,10-11,13H2,(H,22,25). The molecule has 0 aliphatic carbocycles. The maximum absolute atomic E-state index is 13.0. The van der Waals surface area contributed by atoms with Crippen LogP contribution in [0.1, 0.15) is 0 Å². The van der Waals surface area contributed by atoms with Crippen LogP contribution in [0.3, 0.4) is 0 Å². The number of para-hydroxylation sites is 1. The van der Waals surface area contributed by atoms with Crippen molar-refractivity contribution in [3.63, 3.8) is 0 Å². The second kappa shape index (κ2) is 8.75. The number of nitrogens with one attached hydrogen (secondary N) is 1. The molecule has 1 heterocycles. The first-order chi connectivity index (χ1) is 13.1. The predicted molar refractivity (Wildman–Crippen MR) is 98.8 cm³/mol. The quantitative estimate of drug-likeness (QED) is 0.650. The molecule has 0 fully saturated rings. The number of halogens is 1. The lowest BCUT2D eigenvalue weighted by Crippen LogP contribution is -2.34. The summed E-state index contributed by atoms with van der Waals surface area (Å²) in [6.45, 7) is 0.511. The van der Waals surface area contributed by atoms with E-state index < -0.39 is 0 Å². The molecule has 6 nitrogen and oxygen atoms in total. The predicted octanol–water partition coefficient (Wildman–Crippen LogP) is 2.24. The fourth-order valence-electron chi connectivity index (χ4n) is 2.41. The largest absolute Gasteiger partial charge is 0.492 e. The third-order valence-corrected chi connectivity index (χ3v) is 3.77. The van der Waals surface area contributed by atoms with Gasteiger partial charge in [-0.25, -0.2) is 9.37 Å². The zero-order valence-corrected chi connectivity index (χ0v) is 14.5. The van der Waals surface area contributed by atoms with E-state index in [0.29, 0.717) is 24.4 Å². The van der Waals surface area contributed by atoms with E-state index in [2.05, 4.69) is 10.3 Å². The lowest BCUT2D eigenvalue weighted by Gasteiger charge is -2.09. The lowest BCUT2D eigenvalue weighted by molar-refractivity contribution is -0.121. The Morgan fingerprint density at radius 3 is 2.56 bits per heavy atom. The zero-order valence-electron chi connectivity index (χ0n) is 14.5. The Morgan fingerprint density at radius 2 is 1.85 bits per heavy atom. The molecule has 0 unspecified atom stereocenters. The molecule has 7 heteroatoms. The second-order valence-electron chi connectivity index (χ2n) is 5.76. The number of aromatic nitrogens is 2. The lowest BCUT2D eigenvalue weighted by atomic mass is 10.1. The molecule has 1 amide bonds. The fraction of sp³-hybridized carbons (Fsp3) is 0.150. The normalized spacial score (nSPS) is 10.4. The molecule has 2 aromatic carbocycles. The first-order valence-electron chi connectivity index (χ1n) is 8.39. The second-order valence-corrected chi connectivity index (χ2v) is 5.76.